The summed E-state index contributed by atoms with van der Waals surface area (Å²) in [7, 11) is 0. The van der Waals surface area contributed by atoms with Crippen molar-refractivity contribution in [2.45, 2.75) is 64.4 Å². The van der Waals surface area contributed by atoms with Gasteiger partial charge in [-0.3, -0.25) is 0 Å². The number of aryl methyl sites for hydroxylation is 1. The van der Waals surface area contributed by atoms with E-state index in [1.807, 2.05) is 6.08 Å². The smallest absolute Gasteiger partial charge is 0.124 e. The van der Waals surface area contributed by atoms with Crippen molar-refractivity contribution in [3.05, 3.63) is 78.4 Å². The zero-order valence-corrected chi connectivity index (χ0v) is 15.6. The Bertz CT molecular complexity index is 585. The van der Waals surface area contributed by atoms with Gasteiger partial charge in [0.05, 0.1) is 0 Å². The van der Waals surface area contributed by atoms with E-state index >= 15 is 0 Å². The summed E-state index contributed by atoms with van der Waals surface area (Å²) in [4.78, 5) is 0. The molecule has 1 nitrogen and oxygen atoms in total. The minimum Gasteiger partial charge on any atom is -0.486 e. The fourth-order valence-electron chi connectivity index (χ4n) is 3.06. The van der Waals surface area contributed by atoms with Gasteiger partial charge >= 0.3 is 0 Å². The molecule has 134 valence electrons. The van der Waals surface area contributed by atoms with Crippen molar-refractivity contribution < 1.29 is 4.74 Å². The average molecular weight is 337 g/mol. The summed E-state index contributed by atoms with van der Waals surface area (Å²) in [6.07, 6.45) is 11.6. The van der Waals surface area contributed by atoms with Gasteiger partial charge in [-0.05, 0) is 55.4 Å². The molecule has 2 rings (SSSR count). The molecule has 0 N–H and O–H groups in total. The molecule has 0 saturated carbocycles. The third-order valence-electron chi connectivity index (χ3n) is 4.57. The van der Waals surface area contributed by atoms with Crippen molar-refractivity contribution in [2.24, 2.45) is 0 Å². The number of benzene rings is 2. The predicted octanol–water partition coefficient (Wildman–Crippen LogP) is 7.29. The first kappa shape index (κ1) is 19.3. The SMILES string of the molecule is C=CCCCC(Oc1ccc(CCCCCC)cc1)c1ccccc1. The number of ether oxygens (including phenoxy) is 1. The van der Waals surface area contributed by atoms with Crippen molar-refractivity contribution in [1.82, 2.24) is 0 Å². The Kier molecular flexibility index (Phi) is 8.90. The standard InChI is InChI=1S/C24H32O/c1-3-5-7-10-13-21-17-19-23(20-18-21)25-24(16-9-6-4-2)22-14-11-8-12-15-22/h4,8,11-12,14-15,17-20,24H,2-3,5-7,9-10,13,16H2,1H3. The minimum atomic E-state index is 0.108. The summed E-state index contributed by atoms with van der Waals surface area (Å²) in [5, 5.41) is 0. The Labute approximate surface area is 153 Å². The molecule has 25 heavy (non-hydrogen) atoms. The number of unbranched alkanes of at least 4 members (excludes halogenated alkanes) is 4. The molecule has 0 spiro atoms. The van der Waals surface area contributed by atoms with Crippen LogP contribution in [0.5, 0.6) is 5.75 Å². The second kappa shape index (κ2) is 11.5. The average Bonchev–Trinajstić information content (AvgIpc) is 2.66. The predicted molar refractivity (Wildman–Crippen MR) is 108 cm³/mol. The molecule has 0 aliphatic heterocycles. The van der Waals surface area contributed by atoms with E-state index < -0.39 is 0 Å². The molecule has 0 fully saturated rings. The summed E-state index contributed by atoms with van der Waals surface area (Å²) >= 11 is 0. The Morgan fingerprint density at radius 2 is 1.68 bits per heavy atom. The molecule has 0 amide bonds. The molecule has 0 heterocycles. The first-order valence-electron chi connectivity index (χ1n) is 9.75. The maximum atomic E-state index is 6.31. The molecule has 0 radical (unpaired) electrons. The van der Waals surface area contributed by atoms with Crippen LogP contribution < -0.4 is 4.74 Å². The van der Waals surface area contributed by atoms with Crippen LogP contribution in [0.4, 0.5) is 0 Å². The molecule has 0 bridgehead atoms. The van der Waals surface area contributed by atoms with Crippen LogP contribution in [0.1, 0.15) is 69.1 Å². The Morgan fingerprint density at radius 3 is 2.36 bits per heavy atom. The van der Waals surface area contributed by atoms with Crippen LogP contribution in [0, 0.1) is 0 Å². The van der Waals surface area contributed by atoms with E-state index in [-0.39, 0.29) is 6.10 Å². The highest BCUT2D eigenvalue weighted by molar-refractivity contribution is 5.29. The van der Waals surface area contributed by atoms with Gasteiger partial charge in [-0.1, -0.05) is 74.7 Å². The van der Waals surface area contributed by atoms with Gasteiger partial charge in [-0.25, -0.2) is 0 Å². The monoisotopic (exact) mass is 336 g/mol. The zero-order chi connectivity index (χ0) is 17.7. The molecule has 0 aromatic heterocycles. The van der Waals surface area contributed by atoms with Gasteiger partial charge in [-0.15, -0.1) is 6.58 Å². The highest BCUT2D eigenvalue weighted by atomic mass is 16.5. The molecule has 0 aliphatic carbocycles. The molecule has 2 aromatic carbocycles. The van der Waals surface area contributed by atoms with Crippen LogP contribution in [-0.2, 0) is 6.42 Å². The fraction of sp³-hybridized carbons (Fsp3) is 0.417. The second-order valence-corrected chi connectivity index (χ2v) is 6.69. The Hall–Kier alpha value is -2.02. The molecule has 1 atom stereocenters. The maximum absolute atomic E-state index is 6.31. The van der Waals surface area contributed by atoms with Crippen LogP contribution >= 0.6 is 0 Å². The van der Waals surface area contributed by atoms with Crippen molar-refractivity contribution in [1.29, 1.82) is 0 Å². The number of allylic oxidation sites excluding steroid dienone is 1. The molecule has 0 aliphatic rings. The number of hydrogen-bond acceptors (Lipinski definition) is 1. The topological polar surface area (TPSA) is 9.23 Å². The van der Waals surface area contributed by atoms with Gasteiger partial charge in [0.1, 0.15) is 11.9 Å². The van der Waals surface area contributed by atoms with Crippen LogP contribution in [-0.4, -0.2) is 0 Å². The van der Waals surface area contributed by atoms with Gasteiger partial charge in [0, 0.05) is 0 Å². The normalized spacial score (nSPS) is 11.9. The molecular formula is C24H32O. The van der Waals surface area contributed by atoms with Crippen LogP contribution in [0.15, 0.2) is 67.3 Å². The fourth-order valence-corrected chi connectivity index (χ4v) is 3.06. The molecule has 2 aromatic rings. The van der Waals surface area contributed by atoms with Crippen molar-refractivity contribution in [3.63, 3.8) is 0 Å². The maximum Gasteiger partial charge on any atom is 0.124 e. The lowest BCUT2D eigenvalue weighted by molar-refractivity contribution is 0.192. The van der Waals surface area contributed by atoms with E-state index in [9.17, 15) is 0 Å². The summed E-state index contributed by atoms with van der Waals surface area (Å²) in [5.74, 6) is 0.963. The summed E-state index contributed by atoms with van der Waals surface area (Å²) in [6.45, 7) is 6.07. The summed E-state index contributed by atoms with van der Waals surface area (Å²) < 4.78 is 6.31. The molecular weight excluding hydrogens is 304 g/mol. The lowest BCUT2D eigenvalue weighted by Gasteiger charge is -2.20. The third kappa shape index (κ3) is 7.17. The van der Waals surface area contributed by atoms with Crippen LogP contribution in [0.25, 0.3) is 0 Å². The summed E-state index contributed by atoms with van der Waals surface area (Å²) in [5.41, 5.74) is 2.65. The lowest BCUT2D eigenvalue weighted by atomic mass is 10.0. The largest absolute Gasteiger partial charge is 0.486 e. The highest BCUT2D eigenvalue weighted by Gasteiger charge is 2.12. The second-order valence-electron chi connectivity index (χ2n) is 6.69. The van der Waals surface area contributed by atoms with Crippen molar-refractivity contribution in [3.8, 4) is 5.75 Å². The molecule has 1 unspecified atom stereocenters. The van der Waals surface area contributed by atoms with Crippen LogP contribution in [0.2, 0.25) is 0 Å². The van der Waals surface area contributed by atoms with E-state index in [2.05, 4.69) is 68.1 Å². The van der Waals surface area contributed by atoms with Gasteiger partial charge in [-0.2, -0.15) is 0 Å². The van der Waals surface area contributed by atoms with E-state index in [0.717, 1.165) is 25.0 Å². The van der Waals surface area contributed by atoms with E-state index in [0.29, 0.717) is 0 Å². The van der Waals surface area contributed by atoms with Gasteiger partial charge in [0.2, 0.25) is 0 Å². The first-order valence-corrected chi connectivity index (χ1v) is 9.75. The van der Waals surface area contributed by atoms with Gasteiger partial charge in [0.25, 0.3) is 0 Å². The highest BCUT2D eigenvalue weighted by Crippen LogP contribution is 2.27. The van der Waals surface area contributed by atoms with Crippen molar-refractivity contribution in [2.75, 3.05) is 0 Å². The lowest BCUT2D eigenvalue weighted by Crippen LogP contribution is -2.07. The zero-order valence-electron chi connectivity index (χ0n) is 15.6. The van der Waals surface area contributed by atoms with Gasteiger partial charge in [0.15, 0.2) is 0 Å². The Balaban J connectivity index is 1.94. The van der Waals surface area contributed by atoms with E-state index in [4.69, 9.17) is 4.74 Å². The minimum absolute atomic E-state index is 0.108. The quantitative estimate of drug-likeness (QED) is 0.292. The molecule has 0 saturated heterocycles. The number of hydrogen-bond donors (Lipinski definition) is 0. The first-order chi connectivity index (χ1) is 12.3. The third-order valence-corrected chi connectivity index (χ3v) is 4.57. The van der Waals surface area contributed by atoms with Crippen LogP contribution in [0.3, 0.4) is 0 Å². The summed E-state index contributed by atoms with van der Waals surface area (Å²) in [6, 6.07) is 19.2. The van der Waals surface area contributed by atoms with E-state index in [1.165, 1.54) is 43.2 Å². The van der Waals surface area contributed by atoms with Crippen molar-refractivity contribution >= 4 is 0 Å². The van der Waals surface area contributed by atoms with Gasteiger partial charge < -0.3 is 4.74 Å². The molecule has 1 heteroatoms. The van der Waals surface area contributed by atoms with E-state index in [1.54, 1.807) is 0 Å². The number of rotatable bonds is 12. The Morgan fingerprint density at radius 1 is 0.920 bits per heavy atom.